The smallest absolute Gasteiger partial charge is 0.257 e. The average molecular weight is 286 g/mol. The highest BCUT2D eigenvalue weighted by Crippen LogP contribution is 2.39. The highest BCUT2D eigenvalue weighted by Gasteiger charge is 2.29. The van der Waals surface area contributed by atoms with Crippen LogP contribution in [-0.2, 0) is 4.79 Å². The lowest BCUT2D eigenvalue weighted by Gasteiger charge is -2.07. The minimum Gasteiger partial charge on any atom is -0.506 e. The van der Waals surface area contributed by atoms with Crippen molar-refractivity contribution in [3.8, 4) is 5.75 Å². The molecule has 1 aliphatic heterocycles. The second-order valence-corrected chi connectivity index (χ2v) is 6.17. The maximum absolute atomic E-state index is 12.1. The predicted molar refractivity (Wildman–Crippen MR) is 80.9 cm³/mol. The fraction of sp³-hybridized carbons (Fsp3) is 0.200. The number of hydrogen-bond acceptors (Lipinski definition) is 4. The lowest BCUT2D eigenvalue weighted by molar-refractivity contribution is -0.110. The third-order valence-electron chi connectivity index (χ3n) is 3.38. The number of nitrogens with zero attached hydrogens (tertiary/aromatic N) is 1. The number of aromatic hydroxyl groups is 1. The Bertz CT molecular complexity index is 759. The fourth-order valence-corrected chi connectivity index (χ4v) is 3.18. The maximum Gasteiger partial charge on any atom is 0.257 e. The van der Waals surface area contributed by atoms with Crippen LogP contribution in [0.15, 0.2) is 12.1 Å². The highest BCUT2D eigenvalue weighted by atomic mass is 32.1. The van der Waals surface area contributed by atoms with E-state index in [2.05, 4.69) is 10.3 Å². The summed E-state index contributed by atoms with van der Waals surface area (Å²) in [7, 11) is 0. The van der Waals surface area contributed by atoms with E-state index in [1.165, 1.54) is 4.88 Å². The molecule has 0 saturated heterocycles. The van der Waals surface area contributed by atoms with E-state index in [9.17, 15) is 9.90 Å². The Morgan fingerprint density at radius 3 is 2.70 bits per heavy atom. The molecule has 0 radical (unpaired) electrons. The summed E-state index contributed by atoms with van der Waals surface area (Å²) in [5.74, 6) is 0.502. The topological polar surface area (TPSA) is 62.2 Å². The molecule has 3 rings (SSSR count). The van der Waals surface area contributed by atoms with Gasteiger partial charge in [0, 0.05) is 20.9 Å². The van der Waals surface area contributed by atoms with Gasteiger partial charge in [-0.05, 0) is 39.0 Å². The molecule has 20 heavy (non-hydrogen) atoms. The van der Waals surface area contributed by atoms with Crippen LogP contribution in [0.1, 0.15) is 26.6 Å². The van der Waals surface area contributed by atoms with E-state index in [0.717, 1.165) is 4.88 Å². The first-order valence-corrected chi connectivity index (χ1v) is 7.09. The van der Waals surface area contributed by atoms with Crippen molar-refractivity contribution in [2.45, 2.75) is 20.8 Å². The zero-order valence-electron chi connectivity index (χ0n) is 11.4. The normalized spacial score (nSPS) is 15.6. The van der Waals surface area contributed by atoms with Crippen molar-refractivity contribution >= 4 is 34.7 Å². The number of pyridine rings is 1. The van der Waals surface area contributed by atoms with Crippen LogP contribution in [0.5, 0.6) is 5.75 Å². The number of fused-ring (bicyclic) bond motifs is 1. The van der Waals surface area contributed by atoms with E-state index in [1.54, 1.807) is 25.2 Å². The summed E-state index contributed by atoms with van der Waals surface area (Å²) >= 11 is 1.63. The number of carbonyl (C=O) groups excluding carboxylic acids is 1. The SMILES string of the molecule is Cc1ccc(/C=C2\C(=O)Nc3nc(C)c(O)c(C)c32)s1. The van der Waals surface area contributed by atoms with Gasteiger partial charge in [0.25, 0.3) is 5.91 Å². The van der Waals surface area contributed by atoms with Crippen LogP contribution in [0.4, 0.5) is 5.82 Å². The van der Waals surface area contributed by atoms with Crippen molar-refractivity contribution in [3.63, 3.8) is 0 Å². The Hall–Kier alpha value is -2.14. The Balaban J connectivity index is 2.19. The number of amides is 1. The molecule has 2 N–H and O–H groups in total. The van der Waals surface area contributed by atoms with Gasteiger partial charge >= 0.3 is 0 Å². The largest absolute Gasteiger partial charge is 0.506 e. The molecule has 0 spiro atoms. The molecular weight excluding hydrogens is 272 g/mol. The number of carbonyl (C=O) groups is 1. The second-order valence-electron chi connectivity index (χ2n) is 4.85. The Morgan fingerprint density at radius 1 is 1.30 bits per heavy atom. The third kappa shape index (κ3) is 1.91. The molecule has 4 nitrogen and oxygen atoms in total. The number of hydrogen-bond donors (Lipinski definition) is 2. The molecule has 0 aliphatic carbocycles. The first-order chi connectivity index (χ1) is 9.47. The standard InChI is InChI=1S/C15H14N2O2S/c1-7-4-5-10(20-7)6-11-12-8(2)13(18)9(3)16-14(12)17-15(11)19/h4-6,18H,1-3H3,(H,16,17,19)/b11-6-. The van der Waals surface area contributed by atoms with Crippen LogP contribution < -0.4 is 5.32 Å². The monoisotopic (exact) mass is 286 g/mol. The molecule has 0 atom stereocenters. The van der Waals surface area contributed by atoms with Gasteiger partial charge in [-0.15, -0.1) is 11.3 Å². The number of nitrogens with one attached hydrogen (secondary N) is 1. The van der Waals surface area contributed by atoms with Crippen LogP contribution in [0.3, 0.4) is 0 Å². The van der Waals surface area contributed by atoms with Crippen LogP contribution in [0.25, 0.3) is 11.6 Å². The van der Waals surface area contributed by atoms with E-state index in [-0.39, 0.29) is 11.7 Å². The van der Waals surface area contributed by atoms with E-state index < -0.39 is 0 Å². The average Bonchev–Trinajstić information content (AvgIpc) is 2.92. The van der Waals surface area contributed by atoms with Crippen LogP contribution in [0.2, 0.25) is 0 Å². The quantitative estimate of drug-likeness (QED) is 0.791. The first-order valence-electron chi connectivity index (χ1n) is 6.27. The molecule has 5 heteroatoms. The summed E-state index contributed by atoms with van der Waals surface area (Å²) in [4.78, 5) is 18.6. The minimum absolute atomic E-state index is 0.147. The lowest BCUT2D eigenvalue weighted by Crippen LogP contribution is -2.04. The van der Waals surface area contributed by atoms with Crippen molar-refractivity contribution in [2.24, 2.45) is 0 Å². The number of anilines is 1. The minimum atomic E-state index is -0.174. The molecule has 2 aromatic rings. The van der Waals surface area contributed by atoms with E-state index in [4.69, 9.17) is 0 Å². The van der Waals surface area contributed by atoms with Crippen LogP contribution in [-0.4, -0.2) is 16.0 Å². The van der Waals surface area contributed by atoms with Gasteiger partial charge < -0.3 is 10.4 Å². The number of aromatic nitrogens is 1. The summed E-state index contributed by atoms with van der Waals surface area (Å²) in [5.41, 5.74) is 2.46. The molecule has 0 fully saturated rings. The molecule has 0 unspecified atom stereocenters. The van der Waals surface area contributed by atoms with E-state index >= 15 is 0 Å². The van der Waals surface area contributed by atoms with Gasteiger partial charge in [-0.1, -0.05) is 0 Å². The number of rotatable bonds is 1. The molecule has 0 saturated carbocycles. The summed E-state index contributed by atoms with van der Waals surface area (Å²) in [5, 5.41) is 12.8. The van der Waals surface area contributed by atoms with Crippen molar-refractivity contribution in [2.75, 3.05) is 5.32 Å². The van der Waals surface area contributed by atoms with Gasteiger partial charge in [-0.25, -0.2) is 4.98 Å². The Labute approximate surface area is 120 Å². The van der Waals surface area contributed by atoms with Gasteiger partial charge in [0.2, 0.25) is 0 Å². The zero-order chi connectivity index (χ0) is 14.4. The Morgan fingerprint density at radius 2 is 2.05 bits per heavy atom. The first kappa shape index (κ1) is 12.9. The van der Waals surface area contributed by atoms with Crippen molar-refractivity contribution in [1.29, 1.82) is 0 Å². The van der Waals surface area contributed by atoms with Gasteiger partial charge in [0.15, 0.2) is 0 Å². The molecule has 0 aromatic carbocycles. The van der Waals surface area contributed by atoms with Gasteiger partial charge in [-0.2, -0.15) is 0 Å². The van der Waals surface area contributed by atoms with E-state index in [1.807, 2.05) is 25.1 Å². The molecule has 102 valence electrons. The van der Waals surface area contributed by atoms with Crippen LogP contribution in [0, 0.1) is 20.8 Å². The number of aryl methyl sites for hydroxylation is 2. The Kier molecular flexibility index (Phi) is 2.87. The lowest BCUT2D eigenvalue weighted by atomic mass is 10.0. The van der Waals surface area contributed by atoms with Gasteiger partial charge in [-0.3, -0.25) is 4.79 Å². The summed E-state index contributed by atoms with van der Waals surface area (Å²) in [6.45, 7) is 5.55. The molecule has 1 amide bonds. The summed E-state index contributed by atoms with van der Waals surface area (Å²) in [6, 6.07) is 4.00. The van der Waals surface area contributed by atoms with Gasteiger partial charge in [0.1, 0.15) is 11.6 Å². The predicted octanol–water partition coefficient (Wildman–Crippen LogP) is 3.27. The maximum atomic E-state index is 12.1. The zero-order valence-corrected chi connectivity index (χ0v) is 12.3. The van der Waals surface area contributed by atoms with E-state index in [0.29, 0.717) is 28.2 Å². The van der Waals surface area contributed by atoms with Crippen molar-refractivity contribution in [3.05, 3.63) is 38.7 Å². The highest BCUT2D eigenvalue weighted by molar-refractivity contribution is 7.12. The van der Waals surface area contributed by atoms with Gasteiger partial charge in [0.05, 0.1) is 11.3 Å². The van der Waals surface area contributed by atoms with Crippen LogP contribution >= 0.6 is 11.3 Å². The third-order valence-corrected chi connectivity index (χ3v) is 4.33. The van der Waals surface area contributed by atoms with Crippen molar-refractivity contribution in [1.82, 2.24) is 4.98 Å². The fourth-order valence-electron chi connectivity index (χ4n) is 2.36. The molecular formula is C15H14N2O2S. The summed E-state index contributed by atoms with van der Waals surface area (Å²) in [6.07, 6.45) is 1.85. The van der Waals surface area contributed by atoms with Crippen molar-refractivity contribution < 1.29 is 9.90 Å². The second kappa shape index (κ2) is 4.45. The molecule has 1 aliphatic rings. The molecule has 0 bridgehead atoms. The summed E-state index contributed by atoms with van der Waals surface area (Å²) < 4.78 is 0. The molecule has 3 heterocycles. The number of thiophene rings is 1. The molecule has 2 aromatic heterocycles.